The molecule has 0 amide bonds. The Morgan fingerprint density at radius 3 is 2.79 bits per heavy atom. The summed E-state index contributed by atoms with van der Waals surface area (Å²) in [5, 5.41) is 26.8. The van der Waals surface area contributed by atoms with E-state index >= 15 is 0 Å². The highest BCUT2D eigenvalue weighted by molar-refractivity contribution is 4.74. The lowest BCUT2D eigenvalue weighted by Gasteiger charge is -2.33. The average Bonchev–Trinajstić information content (AvgIpc) is 2.19. The van der Waals surface area contributed by atoms with Crippen molar-refractivity contribution >= 4 is 0 Å². The fraction of sp³-hybridized carbons (Fsp3) is 1.00. The molecule has 14 heavy (non-hydrogen) atoms. The molecule has 1 rings (SSSR count). The first-order valence-corrected chi connectivity index (χ1v) is 5.38. The lowest BCUT2D eigenvalue weighted by molar-refractivity contribution is 0.0418. The molecule has 1 aliphatic heterocycles. The van der Waals surface area contributed by atoms with Gasteiger partial charge in [0.25, 0.3) is 0 Å². The summed E-state index contributed by atoms with van der Waals surface area (Å²) in [6.07, 6.45) is 2.53. The van der Waals surface area contributed by atoms with E-state index in [9.17, 15) is 5.11 Å². The molecule has 1 heterocycles. The smallest absolute Gasteiger partial charge is 0.0897 e. The average molecular weight is 203 g/mol. The molecular formula is C10H21NO3. The summed E-state index contributed by atoms with van der Waals surface area (Å²) in [6.45, 7) is 2.58. The van der Waals surface area contributed by atoms with Gasteiger partial charge in [-0.25, -0.2) is 0 Å². The van der Waals surface area contributed by atoms with Crippen molar-refractivity contribution in [3.05, 3.63) is 0 Å². The van der Waals surface area contributed by atoms with Crippen LogP contribution in [-0.2, 0) is 0 Å². The molecule has 4 nitrogen and oxygen atoms in total. The predicted molar refractivity (Wildman–Crippen MR) is 54.0 cm³/mol. The maximum absolute atomic E-state index is 9.29. The highest BCUT2D eigenvalue weighted by atomic mass is 16.3. The van der Waals surface area contributed by atoms with Gasteiger partial charge in [-0.3, -0.25) is 0 Å². The zero-order chi connectivity index (χ0) is 10.4. The van der Waals surface area contributed by atoms with Crippen molar-refractivity contribution in [2.75, 3.05) is 32.8 Å². The van der Waals surface area contributed by atoms with Crippen LogP contribution in [0.3, 0.4) is 0 Å². The van der Waals surface area contributed by atoms with E-state index in [4.69, 9.17) is 10.2 Å². The minimum absolute atomic E-state index is 0.166. The molecule has 0 radical (unpaired) electrons. The second-order valence-electron chi connectivity index (χ2n) is 4.12. The van der Waals surface area contributed by atoms with Crippen molar-refractivity contribution in [1.82, 2.24) is 4.90 Å². The van der Waals surface area contributed by atoms with Crippen molar-refractivity contribution in [1.29, 1.82) is 0 Å². The maximum atomic E-state index is 9.29. The zero-order valence-electron chi connectivity index (χ0n) is 8.60. The van der Waals surface area contributed by atoms with Crippen LogP contribution in [0.4, 0.5) is 0 Å². The Hall–Kier alpha value is -0.160. The molecule has 0 bridgehead atoms. The van der Waals surface area contributed by atoms with E-state index in [2.05, 4.69) is 4.90 Å². The van der Waals surface area contributed by atoms with Crippen LogP contribution in [0.1, 0.15) is 19.3 Å². The number of likely N-dealkylation sites (tertiary alicyclic amines) is 1. The van der Waals surface area contributed by atoms with E-state index in [1.807, 2.05) is 0 Å². The van der Waals surface area contributed by atoms with Gasteiger partial charge in [0, 0.05) is 19.7 Å². The number of aliphatic hydroxyl groups excluding tert-OH is 3. The Bertz CT molecular complexity index is 152. The van der Waals surface area contributed by atoms with Crippen LogP contribution in [0, 0.1) is 5.92 Å². The van der Waals surface area contributed by atoms with E-state index in [0.717, 1.165) is 25.9 Å². The monoisotopic (exact) mass is 203 g/mol. The molecule has 2 atom stereocenters. The molecule has 0 saturated carbocycles. The highest BCUT2D eigenvalue weighted by Crippen LogP contribution is 2.19. The van der Waals surface area contributed by atoms with Gasteiger partial charge < -0.3 is 20.2 Å². The van der Waals surface area contributed by atoms with Gasteiger partial charge in [-0.2, -0.15) is 0 Å². The Kier molecular flexibility index (Phi) is 5.40. The Labute approximate surface area is 85.2 Å². The first-order valence-electron chi connectivity index (χ1n) is 5.38. The fourth-order valence-electron chi connectivity index (χ4n) is 2.09. The second kappa shape index (κ2) is 6.35. The molecule has 84 valence electrons. The number of rotatable bonds is 5. The highest BCUT2D eigenvalue weighted by Gasteiger charge is 2.20. The van der Waals surface area contributed by atoms with Crippen molar-refractivity contribution in [2.45, 2.75) is 25.4 Å². The third-order valence-electron chi connectivity index (χ3n) is 2.82. The van der Waals surface area contributed by atoms with Gasteiger partial charge in [-0.05, 0) is 31.7 Å². The summed E-state index contributed by atoms with van der Waals surface area (Å²) in [5.74, 6) is 0.555. The summed E-state index contributed by atoms with van der Waals surface area (Å²) in [4.78, 5) is 2.17. The zero-order valence-corrected chi connectivity index (χ0v) is 8.60. The maximum Gasteiger partial charge on any atom is 0.0897 e. The van der Waals surface area contributed by atoms with Crippen LogP contribution in [0.2, 0.25) is 0 Å². The number of piperidine rings is 1. The van der Waals surface area contributed by atoms with Crippen LogP contribution in [0.5, 0.6) is 0 Å². The number of hydrogen-bond donors (Lipinski definition) is 3. The van der Waals surface area contributed by atoms with Gasteiger partial charge in [-0.1, -0.05) is 0 Å². The summed E-state index contributed by atoms with van der Waals surface area (Å²) in [7, 11) is 0. The van der Waals surface area contributed by atoms with Crippen LogP contribution in [0.15, 0.2) is 0 Å². The summed E-state index contributed by atoms with van der Waals surface area (Å²) in [5.41, 5.74) is 0. The van der Waals surface area contributed by atoms with E-state index in [0.29, 0.717) is 12.5 Å². The summed E-state index contributed by atoms with van der Waals surface area (Å²) < 4.78 is 0. The number of aliphatic hydroxyl groups is 3. The molecule has 0 aromatic heterocycles. The molecule has 4 heteroatoms. The molecule has 0 aliphatic carbocycles. The summed E-state index contributed by atoms with van der Waals surface area (Å²) >= 11 is 0. The molecule has 1 saturated heterocycles. The van der Waals surface area contributed by atoms with Gasteiger partial charge in [0.15, 0.2) is 0 Å². The molecule has 0 aromatic carbocycles. The van der Waals surface area contributed by atoms with Crippen molar-refractivity contribution in [3.8, 4) is 0 Å². The SMILES string of the molecule is OCCC1CCCN(CC(O)CO)C1. The molecule has 0 aromatic rings. The van der Waals surface area contributed by atoms with Gasteiger partial charge in [0.1, 0.15) is 0 Å². The minimum atomic E-state index is -0.622. The van der Waals surface area contributed by atoms with E-state index in [1.165, 1.54) is 6.42 Å². The van der Waals surface area contributed by atoms with Gasteiger partial charge >= 0.3 is 0 Å². The normalized spacial score (nSPS) is 26.4. The first kappa shape index (κ1) is 11.9. The second-order valence-corrected chi connectivity index (χ2v) is 4.12. The Morgan fingerprint density at radius 2 is 2.14 bits per heavy atom. The lowest BCUT2D eigenvalue weighted by Crippen LogP contribution is -2.41. The topological polar surface area (TPSA) is 63.9 Å². The predicted octanol–water partition coefficient (Wildman–Crippen LogP) is -0.566. The summed E-state index contributed by atoms with van der Waals surface area (Å²) in [6, 6.07) is 0. The molecule has 1 fully saturated rings. The van der Waals surface area contributed by atoms with E-state index < -0.39 is 6.10 Å². The van der Waals surface area contributed by atoms with Gasteiger partial charge in [0.2, 0.25) is 0 Å². The van der Waals surface area contributed by atoms with E-state index in [1.54, 1.807) is 0 Å². The first-order chi connectivity index (χ1) is 6.76. The van der Waals surface area contributed by atoms with Crippen molar-refractivity contribution in [2.24, 2.45) is 5.92 Å². The Morgan fingerprint density at radius 1 is 1.36 bits per heavy atom. The number of hydrogen-bond acceptors (Lipinski definition) is 4. The third-order valence-corrected chi connectivity index (χ3v) is 2.82. The van der Waals surface area contributed by atoms with Crippen LogP contribution >= 0.6 is 0 Å². The van der Waals surface area contributed by atoms with Gasteiger partial charge in [-0.15, -0.1) is 0 Å². The van der Waals surface area contributed by atoms with Crippen molar-refractivity contribution < 1.29 is 15.3 Å². The van der Waals surface area contributed by atoms with Crippen LogP contribution in [-0.4, -0.2) is 59.2 Å². The number of β-amino-alcohol motifs (C(OH)–C–C–N with tert-alkyl or cyclic N) is 1. The van der Waals surface area contributed by atoms with E-state index in [-0.39, 0.29) is 13.2 Å². The minimum Gasteiger partial charge on any atom is -0.396 e. The van der Waals surface area contributed by atoms with Crippen molar-refractivity contribution in [3.63, 3.8) is 0 Å². The quantitative estimate of drug-likeness (QED) is 0.560. The molecule has 3 N–H and O–H groups in total. The number of nitrogens with zero attached hydrogens (tertiary/aromatic N) is 1. The largest absolute Gasteiger partial charge is 0.396 e. The molecule has 2 unspecified atom stereocenters. The lowest BCUT2D eigenvalue weighted by atomic mass is 9.95. The molecule has 0 spiro atoms. The fourth-order valence-corrected chi connectivity index (χ4v) is 2.09. The van der Waals surface area contributed by atoms with Crippen LogP contribution < -0.4 is 0 Å². The standard InChI is InChI=1S/C10H21NO3/c12-5-3-9-2-1-4-11(6-9)7-10(14)8-13/h9-10,12-14H,1-8H2. The van der Waals surface area contributed by atoms with Gasteiger partial charge in [0.05, 0.1) is 12.7 Å². The molecular weight excluding hydrogens is 182 g/mol. The Balaban J connectivity index is 2.25. The third kappa shape index (κ3) is 3.92. The molecule has 1 aliphatic rings. The van der Waals surface area contributed by atoms with Crippen LogP contribution in [0.25, 0.3) is 0 Å².